The Hall–Kier alpha value is -2.33. The molecule has 1 N–H and O–H groups in total. The fourth-order valence-electron chi connectivity index (χ4n) is 7.55. The number of sulfonamides is 1. The first-order valence-corrected chi connectivity index (χ1v) is 18.7. The number of nitrogens with one attached hydrogen (secondary N) is 1. The minimum Gasteiger partial charge on any atom is -0.487 e. The zero-order valence-electron chi connectivity index (χ0n) is 26.5. The molecule has 3 heterocycles. The van der Waals surface area contributed by atoms with Gasteiger partial charge in [-0.1, -0.05) is 31.0 Å². The van der Waals surface area contributed by atoms with Gasteiger partial charge in [-0.2, -0.15) is 0 Å². The predicted molar refractivity (Wildman–Crippen MR) is 176 cm³/mol. The second-order valence-corrected chi connectivity index (χ2v) is 16.0. The van der Waals surface area contributed by atoms with Gasteiger partial charge in [-0.3, -0.25) is 4.79 Å². The number of aryl methyl sites for hydroxylation is 1. The van der Waals surface area contributed by atoms with E-state index < -0.39 is 21.2 Å². The molecular formula is C35H47ClN2O6S. The molecular weight excluding hydrogens is 612 g/mol. The van der Waals surface area contributed by atoms with Crippen LogP contribution in [0.5, 0.6) is 5.75 Å². The molecule has 1 aliphatic carbocycles. The van der Waals surface area contributed by atoms with Crippen molar-refractivity contribution in [1.29, 1.82) is 0 Å². The summed E-state index contributed by atoms with van der Waals surface area (Å²) in [6.45, 7) is 7.12. The number of carbonyl (C=O) groups is 1. The summed E-state index contributed by atoms with van der Waals surface area (Å²) in [5.74, 6) is 1.15. The van der Waals surface area contributed by atoms with Crippen molar-refractivity contribution in [3.05, 3.63) is 58.1 Å². The zero-order chi connectivity index (χ0) is 31.6. The van der Waals surface area contributed by atoms with Crippen molar-refractivity contribution in [3.8, 4) is 5.75 Å². The quantitative estimate of drug-likeness (QED) is 0.363. The minimum atomic E-state index is -3.88. The number of carbonyl (C=O) groups excluding carboxylic acids is 1. The Morgan fingerprint density at radius 1 is 0.889 bits per heavy atom. The normalized spacial score (nSPS) is 30.0. The van der Waals surface area contributed by atoms with Crippen LogP contribution in [0.2, 0.25) is 5.02 Å². The number of benzene rings is 2. The van der Waals surface area contributed by atoms with Crippen molar-refractivity contribution in [2.24, 2.45) is 23.7 Å². The van der Waals surface area contributed by atoms with Gasteiger partial charge in [0, 0.05) is 29.6 Å². The molecule has 8 nitrogen and oxygen atoms in total. The monoisotopic (exact) mass is 658 g/mol. The van der Waals surface area contributed by atoms with Crippen LogP contribution in [0, 0.1) is 23.7 Å². The molecule has 0 spiro atoms. The third-order valence-electron chi connectivity index (χ3n) is 10.6. The molecule has 2 aromatic carbocycles. The molecule has 5 atom stereocenters. The van der Waals surface area contributed by atoms with Crippen LogP contribution in [0.4, 0.5) is 5.69 Å². The molecule has 0 unspecified atom stereocenters. The summed E-state index contributed by atoms with van der Waals surface area (Å²) in [4.78, 5) is 15.8. The van der Waals surface area contributed by atoms with Gasteiger partial charge in [-0.05, 0) is 118 Å². The minimum absolute atomic E-state index is 0.108. The summed E-state index contributed by atoms with van der Waals surface area (Å²) in [7, 11) is -3.88. The van der Waals surface area contributed by atoms with Crippen molar-refractivity contribution in [2.75, 3.05) is 31.2 Å². The van der Waals surface area contributed by atoms with Crippen LogP contribution in [0.15, 0.2) is 36.4 Å². The van der Waals surface area contributed by atoms with E-state index in [-0.39, 0.29) is 18.1 Å². The van der Waals surface area contributed by atoms with Gasteiger partial charge in [-0.15, -0.1) is 0 Å². The zero-order valence-corrected chi connectivity index (χ0v) is 28.1. The number of anilines is 1. The van der Waals surface area contributed by atoms with E-state index in [1.54, 1.807) is 13.0 Å². The second kappa shape index (κ2) is 14.2. The Kier molecular flexibility index (Phi) is 10.3. The van der Waals surface area contributed by atoms with Crippen molar-refractivity contribution < 1.29 is 27.4 Å². The van der Waals surface area contributed by atoms with E-state index in [0.29, 0.717) is 29.8 Å². The molecule has 4 aliphatic rings. The molecule has 6 rings (SSSR count). The molecule has 1 saturated carbocycles. The first kappa shape index (κ1) is 32.6. The van der Waals surface area contributed by atoms with Crippen LogP contribution in [0.3, 0.4) is 0 Å². The Balaban J connectivity index is 1.37. The topological polar surface area (TPSA) is 94.2 Å². The Bertz CT molecular complexity index is 1460. The van der Waals surface area contributed by atoms with Crippen molar-refractivity contribution >= 4 is 33.2 Å². The van der Waals surface area contributed by atoms with E-state index in [2.05, 4.69) is 9.62 Å². The van der Waals surface area contributed by atoms with Crippen LogP contribution in [0.25, 0.3) is 0 Å². The van der Waals surface area contributed by atoms with Crippen LogP contribution >= 0.6 is 11.6 Å². The molecule has 45 heavy (non-hydrogen) atoms. The van der Waals surface area contributed by atoms with Gasteiger partial charge in [0.2, 0.25) is 10.0 Å². The largest absolute Gasteiger partial charge is 0.487 e. The van der Waals surface area contributed by atoms with Gasteiger partial charge in [0.05, 0.1) is 24.2 Å². The third kappa shape index (κ3) is 7.47. The number of fused-ring (bicyclic) bond motifs is 3. The van der Waals surface area contributed by atoms with Crippen LogP contribution in [0.1, 0.15) is 86.7 Å². The van der Waals surface area contributed by atoms with Gasteiger partial charge < -0.3 is 19.1 Å². The molecule has 10 heteroatoms. The first-order chi connectivity index (χ1) is 21.7. The number of ether oxygens (including phenoxy) is 3. The molecule has 246 valence electrons. The van der Waals surface area contributed by atoms with Crippen molar-refractivity contribution in [1.82, 2.24) is 4.72 Å². The summed E-state index contributed by atoms with van der Waals surface area (Å²) in [6, 6.07) is 11.3. The lowest BCUT2D eigenvalue weighted by atomic mass is 9.65. The fourth-order valence-corrected chi connectivity index (χ4v) is 9.05. The van der Waals surface area contributed by atoms with E-state index in [1.165, 1.54) is 5.56 Å². The van der Waals surface area contributed by atoms with E-state index >= 15 is 0 Å². The molecule has 2 bridgehead atoms. The maximum Gasteiger partial charge on any atom is 0.264 e. The van der Waals surface area contributed by atoms with Gasteiger partial charge in [0.15, 0.2) is 6.29 Å². The van der Waals surface area contributed by atoms with Gasteiger partial charge in [0.25, 0.3) is 5.91 Å². The Morgan fingerprint density at radius 2 is 1.71 bits per heavy atom. The third-order valence-corrected chi connectivity index (χ3v) is 12.8. The lowest BCUT2D eigenvalue weighted by Gasteiger charge is -2.47. The van der Waals surface area contributed by atoms with Crippen LogP contribution in [-0.2, 0) is 32.5 Å². The summed E-state index contributed by atoms with van der Waals surface area (Å²) >= 11 is 6.35. The predicted octanol–water partition coefficient (Wildman–Crippen LogP) is 6.74. The first-order valence-electron chi connectivity index (χ1n) is 16.8. The van der Waals surface area contributed by atoms with Gasteiger partial charge in [0.1, 0.15) is 12.4 Å². The summed E-state index contributed by atoms with van der Waals surface area (Å²) in [5.41, 5.74) is 3.44. The average Bonchev–Trinajstić information content (AvgIpc) is 3.05. The summed E-state index contributed by atoms with van der Waals surface area (Å²) in [5, 5.41) is 0.0145. The molecule has 3 aliphatic heterocycles. The molecule has 1 amide bonds. The van der Waals surface area contributed by atoms with Crippen molar-refractivity contribution in [2.45, 2.75) is 89.8 Å². The smallest absolute Gasteiger partial charge is 0.264 e. The number of halogens is 1. The molecule has 2 fully saturated rings. The molecule has 0 radical (unpaired) electrons. The fraction of sp³-hybridized carbons (Fsp3) is 0.629. The van der Waals surface area contributed by atoms with Crippen molar-refractivity contribution in [3.63, 3.8) is 0 Å². The van der Waals surface area contributed by atoms with Crippen LogP contribution in [-0.4, -0.2) is 52.2 Å². The molecule has 0 aromatic heterocycles. The highest BCUT2D eigenvalue weighted by Gasteiger charge is 2.43. The highest BCUT2D eigenvalue weighted by Crippen LogP contribution is 2.46. The summed E-state index contributed by atoms with van der Waals surface area (Å²) in [6.07, 6.45) is 8.41. The SMILES string of the molecule is C[C@@H]1[C@@H](C)CCC[C@@H](C2OCCCO2)[C@@H]2CC[C@H]2CN2CCCCc3cc(Cl)ccc3COc3ccc(cc32)C(=O)NS1(=O)=O. The Morgan fingerprint density at radius 3 is 2.49 bits per heavy atom. The Labute approximate surface area is 273 Å². The number of hydrogen-bond acceptors (Lipinski definition) is 7. The molecule has 2 aromatic rings. The number of hydrogen-bond donors (Lipinski definition) is 1. The van der Waals surface area contributed by atoms with E-state index in [4.69, 9.17) is 25.8 Å². The van der Waals surface area contributed by atoms with Crippen LogP contribution < -0.4 is 14.4 Å². The molecule has 1 saturated heterocycles. The highest BCUT2D eigenvalue weighted by atomic mass is 35.5. The highest BCUT2D eigenvalue weighted by molar-refractivity contribution is 7.90. The van der Waals surface area contributed by atoms with E-state index in [0.717, 1.165) is 100 Å². The number of nitrogens with zero attached hydrogens (tertiary/aromatic N) is 1. The lowest BCUT2D eigenvalue weighted by molar-refractivity contribution is -0.224. The second-order valence-electron chi connectivity index (χ2n) is 13.5. The maximum atomic E-state index is 13.4. The van der Waals surface area contributed by atoms with E-state index in [9.17, 15) is 13.2 Å². The lowest BCUT2D eigenvalue weighted by Crippen LogP contribution is -2.47. The number of rotatable bonds is 1. The summed E-state index contributed by atoms with van der Waals surface area (Å²) < 4.78 is 48.0. The number of amides is 1. The maximum absolute atomic E-state index is 13.4. The van der Waals surface area contributed by atoms with Gasteiger partial charge >= 0.3 is 0 Å². The average molecular weight is 659 g/mol. The standard InChI is InChI=1S/C35H47ClN2O6S/c1-23-7-5-9-31(35-42-17-6-18-43-35)30-14-11-27(30)21-38-16-4-3-8-25-19-29(36)13-10-28(25)22-44-33-15-12-26(20-32(33)38)34(39)37-45(40,41)24(23)2/h10,12-13,15,19-20,23-24,27,30-31,35H,3-9,11,14,16-18,21-22H2,1-2H3,(H,37,39)/t23-,24+,27-,30+,31+/m0/s1. The van der Waals surface area contributed by atoms with E-state index in [1.807, 2.05) is 37.3 Å². The van der Waals surface area contributed by atoms with Gasteiger partial charge in [-0.25, -0.2) is 13.1 Å².